The van der Waals surface area contributed by atoms with E-state index in [4.69, 9.17) is 16.3 Å². The molecule has 1 aliphatic rings. The highest BCUT2D eigenvalue weighted by Gasteiger charge is 2.42. The van der Waals surface area contributed by atoms with Gasteiger partial charge >= 0.3 is 0 Å². The highest BCUT2D eigenvalue weighted by Crippen LogP contribution is 2.43. The minimum Gasteiger partial charge on any atom is -0.496 e. The number of nitrogens with one attached hydrogen (secondary N) is 1. The maximum absolute atomic E-state index is 13.4. The number of benzene rings is 3. The van der Waals surface area contributed by atoms with Gasteiger partial charge in [-0.3, -0.25) is 4.79 Å². The molecule has 0 spiro atoms. The average molecular weight is 380 g/mol. The monoisotopic (exact) mass is 379 g/mol. The normalized spacial score (nSPS) is 15.6. The van der Waals surface area contributed by atoms with Gasteiger partial charge in [-0.15, -0.1) is 0 Å². The summed E-state index contributed by atoms with van der Waals surface area (Å²) in [7, 11) is 1.66. The lowest BCUT2D eigenvalue weighted by Crippen LogP contribution is -2.38. The van der Waals surface area contributed by atoms with Crippen molar-refractivity contribution in [1.29, 1.82) is 0 Å². The molecule has 1 saturated carbocycles. The Labute approximate surface area is 164 Å². The van der Waals surface area contributed by atoms with Crippen LogP contribution in [0, 0.1) is 0 Å². The second-order valence-corrected chi connectivity index (χ2v) is 7.55. The van der Waals surface area contributed by atoms with Gasteiger partial charge in [-0.2, -0.15) is 0 Å². The molecule has 1 amide bonds. The second kappa shape index (κ2) is 7.24. The van der Waals surface area contributed by atoms with Crippen molar-refractivity contribution in [2.75, 3.05) is 12.4 Å². The van der Waals surface area contributed by atoms with Crippen LogP contribution in [0.15, 0.2) is 60.7 Å². The van der Waals surface area contributed by atoms with Gasteiger partial charge in [0.25, 0.3) is 0 Å². The Kier molecular flexibility index (Phi) is 4.79. The Hall–Kier alpha value is -2.52. The highest BCUT2D eigenvalue weighted by molar-refractivity contribution is 6.30. The number of carbonyl (C=O) groups is 1. The van der Waals surface area contributed by atoms with Crippen LogP contribution in [0.5, 0.6) is 5.75 Å². The summed E-state index contributed by atoms with van der Waals surface area (Å²) >= 11 is 6.05. The largest absolute Gasteiger partial charge is 0.496 e. The molecule has 1 fully saturated rings. The van der Waals surface area contributed by atoms with E-state index in [1.54, 1.807) is 7.11 Å². The maximum Gasteiger partial charge on any atom is 0.235 e. The first-order chi connectivity index (χ1) is 13.1. The fourth-order valence-corrected chi connectivity index (χ4v) is 4.32. The first kappa shape index (κ1) is 17.9. The van der Waals surface area contributed by atoms with E-state index in [0.29, 0.717) is 5.02 Å². The lowest BCUT2D eigenvalue weighted by atomic mass is 9.78. The van der Waals surface area contributed by atoms with E-state index in [2.05, 4.69) is 5.32 Å². The highest BCUT2D eigenvalue weighted by atomic mass is 35.5. The molecular formula is C23H22ClNO2. The van der Waals surface area contributed by atoms with Crippen LogP contribution in [0.25, 0.3) is 10.8 Å². The summed E-state index contributed by atoms with van der Waals surface area (Å²) in [6.07, 6.45) is 3.82. The molecule has 3 aromatic carbocycles. The predicted molar refractivity (Wildman–Crippen MR) is 111 cm³/mol. The van der Waals surface area contributed by atoms with E-state index < -0.39 is 5.41 Å². The van der Waals surface area contributed by atoms with Crippen LogP contribution in [0.4, 0.5) is 5.69 Å². The average Bonchev–Trinajstić information content (AvgIpc) is 3.20. The fourth-order valence-electron chi connectivity index (χ4n) is 4.19. The molecule has 1 aliphatic carbocycles. The summed E-state index contributed by atoms with van der Waals surface area (Å²) in [4.78, 5) is 13.4. The van der Waals surface area contributed by atoms with Crippen molar-refractivity contribution in [2.24, 2.45) is 0 Å². The number of carbonyl (C=O) groups excluding carboxylic acids is 1. The lowest BCUT2D eigenvalue weighted by molar-refractivity contribution is -0.121. The minimum atomic E-state index is -0.494. The SMILES string of the molecule is COc1ccc(NC(=O)C2(c3ccc(Cl)cc3)CCCC2)c2ccccc12. The molecule has 27 heavy (non-hydrogen) atoms. The molecule has 0 heterocycles. The van der Waals surface area contributed by atoms with E-state index in [0.717, 1.165) is 53.5 Å². The van der Waals surface area contributed by atoms with Crippen molar-refractivity contribution >= 4 is 34.0 Å². The number of anilines is 1. The molecule has 3 nitrogen and oxygen atoms in total. The molecule has 4 heteroatoms. The molecule has 0 unspecified atom stereocenters. The van der Waals surface area contributed by atoms with Crippen molar-refractivity contribution < 1.29 is 9.53 Å². The van der Waals surface area contributed by atoms with Crippen LogP contribution in [0.3, 0.4) is 0 Å². The molecule has 1 N–H and O–H groups in total. The van der Waals surface area contributed by atoms with Crippen LogP contribution in [-0.4, -0.2) is 13.0 Å². The van der Waals surface area contributed by atoms with Crippen molar-refractivity contribution in [2.45, 2.75) is 31.1 Å². The Morgan fingerprint density at radius 3 is 2.30 bits per heavy atom. The smallest absolute Gasteiger partial charge is 0.235 e. The van der Waals surface area contributed by atoms with Gasteiger partial charge in [-0.1, -0.05) is 60.8 Å². The van der Waals surface area contributed by atoms with Crippen LogP contribution in [-0.2, 0) is 10.2 Å². The van der Waals surface area contributed by atoms with Gasteiger partial charge < -0.3 is 10.1 Å². The lowest BCUT2D eigenvalue weighted by Gasteiger charge is -2.29. The van der Waals surface area contributed by atoms with E-state index >= 15 is 0 Å². The first-order valence-corrected chi connectivity index (χ1v) is 9.65. The summed E-state index contributed by atoms with van der Waals surface area (Å²) in [6.45, 7) is 0. The van der Waals surface area contributed by atoms with Crippen molar-refractivity contribution in [1.82, 2.24) is 0 Å². The number of halogens is 1. The van der Waals surface area contributed by atoms with Crippen LogP contribution in [0.1, 0.15) is 31.2 Å². The van der Waals surface area contributed by atoms with Crippen molar-refractivity contribution in [3.63, 3.8) is 0 Å². The summed E-state index contributed by atoms with van der Waals surface area (Å²) in [5.74, 6) is 0.856. The number of fused-ring (bicyclic) bond motifs is 1. The Balaban J connectivity index is 1.72. The van der Waals surface area contributed by atoms with E-state index in [-0.39, 0.29) is 5.91 Å². The number of rotatable bonds is 4. The topological polar surface area (TPSA) is 38.3 Å². The first-order valence-electron chi connectivity index (χ1n) is 9.27. The third-order valence-electron chi connectivity index (χ3n) is 5.64. The number of methoxy groups -OCH3 is 1. The molecule has 0 atom stereocenters. The molecule has 0 radical (unpaired) electrons. The fraction of sp³-hybridized carbons (Fsp3) is 0.261. The Morgan fingerprint density at radius 1 is 0.963 bits per heavy atom. The van der Waals surface area contributed by atoms with E-state index in [1.807, 2.05) is 60.7 Å². The molecule has 0 saturated heterocycles. The molecule has 0 aliphatic heterocycles. The minimum absolute atomic E-state index is 0.0534. The molecule has 4 rings (SSSR count). The Morgan fingerprint density at radius 2 is 1.63 bits per heavy atom. The summed E-state index contributed by atoms with van der Waals surface area (Å²) < 4.78 is 5.46. The van der Waals surface area contributed by atoms with Gasteiger partial charge in [0.1, 0.15) is 5.75 Å². The summed E-state index contributed by atoms with van der Waals surface area (Å²) in [6, 6.07) is 19.5. The summed E-state index contributed by atoms with van der Waals surface area (Å²) in [5.41, 5.74) is 1.36. The van der Waals surface area contributed by atoms with Gasteiger partial charge in [0.15, 0.2) is 0 Å². The zero-order chi connectivity index (χ0) is 18.9. The van der Waals surface area contributed by atoms with Gasteiger partial charge in [0, 0.05) is 21.5 Å². The maximum atomic E-state index is 13.4. The molecule has 3 aromatic rings. The second-order valence-electron chi connectivity index (χ2n) is 7.11. The van der Waals surface area contributed by atoms with Gasteiger partial charge in [-0.25, -0.2) is 0 Å². The van der Waals surface area contributed by atoms with Gasteiger partial charge in [-0.05, 0) is 42.7 Å². The number of hydrogen-bond donors (Lipinski definition) is 1. The zero-order valence-electron chi connectivity index (χ0n) is 15.3. The third-order valence-corrected chi connectivity index (χ3v) is 5.89. The zero-order valence-corrected chi connectivity index (χ0v) is 16.1. The number of hydrogen-bond acceptors (Lipinski definition) is 2. The molecular weight excluding hydrogens is 358 g/mol. The van der Waals surface area contributed by atoms with Crippen molar-refractivity contribution in [3.8, 4) is 5.75 Å². The number of ether oxygens (including phenoxy) is 1. The summed E-state index contributed by atoms with van der Waals surface area (Å²) in [5, 5.41) is 5.86. The van der Waals surface area contributed by atoms with Crippen LogP contribution in [0.2, 0.25) is 5.02 Å². The van der Waals surface area contributed by atoms with Gasteiger partial charge in [0.05, 0.1) is 12.5 Å². The van der Waals surface area contributed by atoms with Crippen LogP contribution < -0.4 is 10.1 Å². The van der Waals surface area contributed by atoms with E-state index in [1.165, 1.54) is 0 Å². The molecule has 138 valence electrons. The van der Waals surface area contributed by atoms with E-state index in [9.17, 15) is 4.79 Å². The third kappa shape index (κ3) is 3.17. The van der Waals surface area contributed by atoms with Gasteiger partial charge in [0.2, 0.25) is 5.91 Å². The standard InChI is InChI=1S/C23H22ClNO2/c1-27-21-13-12-20(18-6-2-3-7-19(18)21)25-22(26)23(14-4-5-15-23)16-8-10-17(24)11-9-16/h2-3,6-13H,4-5,14-15H2,1H3,(H,25,26). The number of amides is 1. The molecule has 0 bridgehead atoms. The Bertz CT molecular complexity index is 975. The van der Waals surface area contributed by atoms with Crippen molar-refractivity contribution in [3.05, 3.63) is 71.2 Å². The quantitative estimate of drug-likeness (QED) is 0.608. The predicted octanol–water partition coefficient (Wildman–Crippen LogP) is 5.95. The molecule has 0 aromatic heterocycles. The van der Waals surface area contributed by atoms with Crippen LogP contribution >= 0.6 is 11.6 Å².